The molecule has 0 rings (SSSR count). The number of hydrogen-bond donors (Lipinski definition) is 0. The van der Waals surface area contributed by atoms with Crippen molar-refractivity contribution < 1.29 is 9.53 Å². The first-order valence-corrected chi connectivity index (χ1v) is 4.55. The zero-order valence-electron chi connectivity index (χ0n) is 8.49. The summed E-state index contributed by atoms with van der Waals surface area (Å²) in [4.78, 5) is 11.0. The van der Waals surface area contributed by atoms with Gasteiger partial charge in [0, 0.05) is 6.42 Å². The minimum absolute atomic E-state index is 0.137. The van der Waals surface area contributed by atoms with Crippen molar-refractivity contribution in [3.05, 3.63) is 0 Å². The predicted molar refractivity (Wildman–Crippen MR) is 49.7 cm³/mol. The van der Waals surface area contributed by atoms with Crippen LogP contribution in [0.5, 0.6) is 0 Å². The van der Waals surface area contributed by atoms with E-state index >= 15 is 0 Å². The summed E-state index contributed by atoms with van der Waals surface area (Å²) >= 11 is 0. The fourth-order valence-electron chi connectivity index (χ4n) is 0.752. The minimum Gasteiger partial charge on any atom is -0.465 e. The van der Waals surface area contributed by atoms with Gasteiger partial charge in [-0.15, -0.1) is 0 Å². The Labute approximate surface area is 84.1 Å². The molecule has 0 radical (unpaired) electrons. The number of ether oxygens (including phenoxy) is 1. The maximum atomic E-state index is 11.0. The van der Waals surface area contributed by atoms with Crippen LogP contribution in [-0.4, -0.2) is 12.6 Å². The summed E-state index contributed by atoms with van der Waals surface area (Å²) in [6, 6.07) is 3.61. The van der Waals surface area contributed by atoms with Crippen LogP contribution in [0.25, 0.3) is 0 Å². The molecular weight excluding hydrogens is 180 g/mol. The van der Waals surface area contributed by atoms with Crippen LogP contribution in [0.4, 0.5) is 0 Å². The van der Waals surface area contributed by atoms with Crippen molar-refractivity contribution in [2.45, 2.75) is 26.7 Å². The van der Waals surface area contributed by atoms with Gasteiger partial charge < -0.3 is 4.74 Å². The molecule has 14 heavy (non-hydrogen) atoms. The molecule has 0 unspecified atom stereocenters. The van der Waals surface area contributed by atoms with Crippen LogP contribution >= 0.6 is 0 Å². The second-order valence-electron chi connectivity index (χ2n) is 3.43. The van der Waals surface area contributed by atoms with Gasteiger partial charge in [0.25, 0.3) is 0 Å². The van der Waals surface area contributed by atoms with Gasteiger partial charge in [0.05, 0.1) is 18.7 Å². The summed E-state index contributed by atoms with van der Waals surface area (Å²) < 4.78 is 4.89. The van der Waals surface area contributed by atoms with E-state index in [-0.39, 0.29) is 18.8 Å². The number of hydrogen-bond acceptors (Lipinski definition) is 4. The van der Waals surface area contributed by atoms with E-state index in [0.29, 0.717) is 12.5 Å². The van der Waals surface area contributed by atoms with E-state index in [0.717, 1.165) is 0 Å². The Balaban J connectivity index is 3.65. The lowest BCUT2D eigenvalue weighted by Gasteiger charge is -2.06. The third-order valence-corrected chi connectivity index (χ3v) is 1.53. The molecule has 0 aliphatic carbocycles. The van der Waals surface area contributed by atoms with Crippen LogP contribution in [0.15, 0.2) is 0 Å². The number of nitrogens with zero attached hydrogens (tertiary/aromatic N) is 2. The first-order chi connectivity index (χ1) is 6.60. The maximum Gasteiger partial charge on any atom is 0.305 e. The summed E-state index contributed by atoms with van der Waals surface area (Å²) in [7, 11) is 0. The molecule has 0 N–H and O–H groups in total. The number of carbonyl (C=O) groups excluding carboxylic acids is 1. The zero-order chi connectivity index (χ0) is 11.0. The van der Waals surface area contributed by atoms with E-state index < -0.39 is 5.92 Å². The van der Waals surface area contributed by atoms with Gasteiger partial charge in [-0.25, -0.2) is 0 Å². The molecule has 76 valence electrons. The topological polar surface area (TPSA) is 73.9 Å². The third kappa shape index (κ3) is 6.02. The van der Waals surface area contributed by atoms with Crippen molar-refractivity contribution >= 4 is 5.97 Å². The molecule has 0 fully saturated rings. The highest BCUT2D eigenvalue weighted by Crippen LogP contribution is 2.05. The Kier molecular flexibility index (Phi) is 6.15. The molecule has 0 saturated carbocycles. The lowest BCUT2D eigenvalue weighted by Crippen LogP contribution is -2.10. The highest BCUT2D eigenvalue weighted by molar-refractivity contribution is 5.69. The Bertz CT molecular complexity index is 246. The molecule has 4 nitrogen and oxygen atoms in total. The molecule has 0 bridgehead atoms. The highest BCUT2D eigenvalue weighted by Gasteiger charge is 2.10. The average molecular weight is 194 g/mol. The Morgan fingerprint density at radius 1 is 1.36 bits per heavy atom. The lowest BCUT2D eigenvalue weighted by atomic mass is 10.1. The monoisotopic (exact) mass is 194 g/mol. The van der Waals surface area contributed by atoms with E-state index in [2.05, 4.69) is 0 Å². The molecular formula is C10H14N2O2. The lowest BCUT2D eigenvalue weighted by molar-refractivity contribution is -0.144. The Morgan fingerprint density at radius 2 is 1.93 bits per heavy atom. The SMILES string of the molecule is CC(C)COC(=O)CCC(C#N)C#N. The van der Waals surface area contributed by atoms with Gasteiger partial charge in [0.15, 0.2) is 0 Å². The van der Waals surface area contributed by atoms with Gasteiger partial charge in [0.2, 0.25) is 0 Å². The Morgan fingerprint density at radius 3 is 2.36 bits per heavy atom. The number of carbonyl (C=O) groups is 1. The minimum atomic E-state index is -0.707. The van der Waals surface area contributed by atoms with Gasteiger partial charge in [0.1, 0.15) is 5.92 Å². The van der Waals surface area contributed by atoms with Crippen molar-refractivity contribution in [1.82, 2.24) is 0 Å². The fraction of sp³-hybridized carbons (Fsp3) is 0.700. The van der Waals surface area contributed by atoms with Crippen LogP contribution in [-0.2, 0) is 9.53 Å². The third-order valence-electron chi connectivity index (χ3n) is 1.53. The van der Waals surface area contributed by atoms with E-state index in [4.69, 9.17) is 15.3 Å². The maximum absolute atomic E-state index is 11.0. The molecule has 0 spiro atoms. The predicted octanol–water partition coefficient (Wildman–Crippen LogP) is 1.63. The van der Waals surface area contributed by atoms with E-state index in [1.165, 1.54) is 0 Å². The normalized spacial score (nSPS) is 9.57. The molecule has 0 atom stereocenters. The standard InChI is InChI=1S/C10H14N2O2/c1-8(2)7-14-10(13)4-3-9(5-11)6-12/h8-9H,3-4,7H2,1-2H3. The van der Waals surface area contributed by atoms with Gasteiger partial charge >= 0.3 is 5.97 Å². The van der Waals surface area contributed by atoms with Crippen LogP contribution < -0.4 is 0 Å². The van der Waals surface area contributed by atoms with Crippen molar-refractivity contribution in [3.63, 3.8) is 0 Å². The number of esters is 1. The quantitative estimate of drug-likeness (QED) is 0.623. The summed E-state index contributed by atoms with van der Waals surface area (Å²) in [6.45, 7) is 4.28. The second kappa shape index (κ2) is 6.91. The molecule has 0 saturated heterocycles. The highest BCUT2D eigenvalue weighted by atomic mass is 16.5. The Hall–Kier alpha value is -1.55. The molecule has 0 heterocycles. The van der Waals surface area contributed by atoms with Crippen molar-refractivity contribution in [1.29, 1.82) is 10.5 Å². The molecule has 0 amide bonds. The van der Waals surface area contributed by atoms with Crippen LogP contribution in [0, 0.1) is 34.5 Å². The fourth-order valence-corrected chi connectivity index (χ4v) is 0.752. The van der Waals surface area contributed by atoms with E-state index in [1.807, 2.05) is 13.8 Å². The summed E-state index contributed by atoms with van der Waals surface area (Å²) in [6.07, 6.45) is 0.391. The van der Waals surface area contributed by atoms with Gasteiger partial charge in [-0.05, 0) is 12.3 Å². The molecule has 4 heteroatoms. The van der Waals surface area contributed by atoms with Gasteiger partial charge in [-0.2, -0.15) is 10.5 Å². The number of rotatable bonds is 5. The average Bonchev–Trinajstić information content (AvgIpc) is 2.16. The van der Waals surface area contributed by atoms with Crippen LogP contribution in [0.1, 0.15) is 26.7 Å². The molecule has 0 aromatic heterocycles. The zero-order valence-corrected chi connectivity index (χ0v) is 8.49. The van der Waals surface area contributed by atoms with Gasteiger partial charge in [-0.3, -0.25) is 4.79 Å². The van der Waals surface area contributed by atoms with Gasteiger partial charge in [-0.1, -0.05) is 13.8 Å². The summed E-state index contributed by atoms with van der Waals surface area (Å²) in [5.74, 6) is -0.738. The number of nitriles is 2. The van der Waals surface area contributed by atoms with Crippen molar-refractivity contribution in [3.8, 4) is 12.1 Å². The molecule has 0 aromatic rings. The summed E-state index contributed by atoms with van der Waals surface area (Å²) in [5.41, 5.74) is 0. The van der Waals surface area contributed by atoms with E-state index in [1.54, 1.807) is 12.1 Å². The van der Waals surface area contributed by atoms with Crippen LogP contribution in [0.2, 0.25) is 0 Å². The molecule has 0 aliphatic rings. The van der Waals surface area contributed by atoms with E-state index in [9.17, 15) is 4.79 Å². The van der Waals surface area contributed by atoms with Crippen LogP contribution in [0.3, 0.4) is 0 Å². The largest absolute Gasteiger partial charge is 0.465 e. The summed E-state index contributed by atoms with van der Waals surface area (Å²) in [5, 5.41) is 16.9. The van der Waals surface area contributed by atoms with Crippen molar-refractivity contribution in [2.24, 2.45) is 11.8 Å². The first-order valence-electron chi connectivity index (χ1n) is 4.55. The molecule has 0 aromatic carbocycles. The van der Waals surface area contributed by atoms with Crippen molar-refractivity contribution in [2.75, 3.05) is 6.61 Å². The molecule has 0 aliphatic heterocycles. The first kappa shape index (κ1) is 12.4. The second-order valence-corrected chi connectivity index (χ2v) is 3.43. The smallest absolute Gasteiger partial charge is 0.305 e.